The van der Waals surface area contributed by atoms with Crippen molar-refractivity contribution < 1.29 is 5.11 Å². The number of aliphatic hydroxyl groups excluding tert-OH is 1. The second-order valence-corrected chi connectivity index (χ2v) is 7.58. The summed E-state index contributed by atoms with van der Waals surface area (Å²) in [6.45, 7) is 12.6. The SMILES string of the molecule is CCCNC(C)(CO)CCCN(CC(C)C)C1CCCC1. The van der Waals surface area contributed by atoms with Crippen molar-refractivity contribution in [3.8, 4) is 0 Å². The average molecular weight is 299 g/mol. The smallest absolute Gasteiger partial charge is 0.0610 e. The summed E-state index contributed by atoms with van der Waals surface area (Å²) in [7, 11) is 0. The van der Waals surface area contributed by atoms with Crippen LogP contribution in [0.25, 0.3) is 0 Å². The molecule has 3 heteroatoms. The fourth-order valence-electron chi connectivity index (χ4n) is 3.48. The molecule has 1 atom stereocenters. The Kier molecular flexibility index (Phi) is 8.84. The summed E-state index contributed by atoms with van der Waals surface area (Å²) < 4.78 is 0. The first-order valence-corrected chi connectivity index (χ1v) is 9.10. The lowest BCUT2D eigenvalue weighted by Gasteiger charge is -2.33. The van der Waals surface area contributed by atoms with Crippen LogP contribution in [0.1, 0.15) is 72.6 Å². The van der Waals surface area contributed by atoms with Gasteiger partial charge in [0.2, 0.25) is 0 Å². The predicted molar refractivity (Wildman–Crippen MR) is 91.7 cm³/mol. The Hall–Kier alpha value is -0.120. The van der Waals surface area contributed by atoms with Crippen LogP contribution in [-0.4, -0.2) is 47.8 Å². The summed E-state index contributed by atoms with van der Waals surface area (Å²) in [6.07, 6.45) is 8.95. The minimum Gasteiger partial charge on any atom is -0.394 e. The van der Waals surface area contributed by atoms with Crippen LogP contribution in [0.2, 0.25) is 0 Å². The van der Waals surface area contributed by atoms with Crippen molar-refractivity contribution in [1.82, 2.24) is 10.2 Å². The van der Waals surface area contributed by atoms with Crippen LogP contribution in [0.15, 0.2) is 0 Å². The highest BCUT2D eigenvalue weighted by atomic mass is 16.3. The van der Waals surface area contributed by atoms with Crippen LogP contribution in [0.4, 0.5) is 0 Å². The summed E-state index contributed by atoms with van der Waals surface area (Å²) in [5.41, 5.74) is -0.102. The summed E-state index contributed by atoms with van der Waals surface area (Å²) in [6, 6.07) is 0.816. The van der Waals surface area contributed by atoms with Gasteiger partial charge in [-0.05, 0) is 58.0 Å². The van der Waals surface area contributed by atoms with Gasteiger partial charge in [0.05, 0.1) is 6.61 Å². The molecule has 1 aliphatic rings. The molecule has 0 aromatic carbocycles. The molecule has 0 saturated heterocycles. The third-order valence-electron chi connectivity index (χ3n) is 4.77. The maximum Gasteiger partial charge on any atom is 0.0610 e. The van der Waals surface area contributed by atoms with Crippen LogP contribution in [0, 0.1) is 5.92 Å². The molecule has 1 rings (SSSR count). The Morgan fingerprint density at radius 3 is 2.48 bits per heavy atom. The summed E-state index contributed by atoms with van der Waals surface area (Å²) >= 11 is 0. The van der Waals surface area contributed by atoms with E-state index in [1.54, 1.807) is 0 Å². The number of rotatable bonds is 11. The van der Waals surface area contributed by atoms with Gasteiger partial charge < -0.3 is 15.3 Å². The van der Waals surface area contributed by atoms with E-state index in [1.165, 1.54) is 45.2 Å². The van der Waals surface area contributed by atoms with Gasteiger partial charge in [0.15, 0.2) is 0 Å². The van der Waals surface area contributed by atoms with Crippen molar-refractivity contribution in [2.24, 2.45) is 5.92 Å². The minimum absolute atomic E-state index is 0.102. The maximum atomic E-state index is 9.66. The van der Waals surface area contributed by atoms with Crippen LogP contribution >= 0.6 is 0 Å². The Labute approximate surface area is 132 Å². The van der Waals surface area contributed by atoms with Crippen LogP contribution < -0.4 is 5.32 Å². The first kappa shape index (κ1) is 18.9. The van der Waals surface area contributed by atoms with Gasteiger partial charge in [-0.2, -0.15) is 0 Å². The van der Waals surface area contributed by atoms with E-state index < -0.39 is 0 Å². The monoisotopic (exact) mass is 298 g/mol. The zero-order valence-corrected chi connectivity index (χ0v) is 14.8. The summed E-state index contributed by atoms with van der Waals surface area (Å²) in [4.78, 5) is 2.72. The molecule has 21 heavy (non-hydrogen) atoms. The number of hydrogen-bond acceptors (Lipinski definition) is 3. The third kappa shape index (κ3) is 7.12. The van der Waals surface area contributed by atoms with Crippen molar-refractivity contribution in [2.45, 2.75) is 84.2 Å². The largest absolute Gasteiger partial charge is 0.394 e. The zero-order chi connectivity index (χ0) is 15.7. The Morgan fingerprint density at radius 1 is 1.29 bits per heavy atom. The molecular formula is C18H38N2O. The van der Waals surface area contributed by atoms with E-state index in [4.69, 9.17) is 0 Å². The van der Waals surface area contributed by atoms with Gasteiger partial charge in [0.1, 0.15) is 0 Å². The Morgan fingerprint density at radius 2 is 1.95 bits per heavy atom. The lowest BCUT2D eigenvalue weighted by molar-refractivity contribution is 0.140. The lowest BCUT2D eigenvalue weighted by Crippen LogP contribution is -2.47. The van der Waals surface area contributed by atoms with Crippen molar-refractivity contribution in [3.05, 3.63) is 0 Å². The topological polar surface area (TPSA) is 35.5 Å². The molecule has 2 N–H and O–H groups in total. The molecule has 0 heterocycles. The van der Waals surface area contributed by atoms with Gasteiger partial charge in [-0.3, -0.25) is 0 Å². The number of nitrogens with zero attached hydrogens (tertiary/aromatic N) is 1. The fourth-order valence-corrected chi connectivity index (χ4v) is 3.48. The molecule has 1 fully saturated rings. The summed E-state index contributed by atoms with van der Waals surface area (Å²) in [5, 5.41) is 13.2. The van der Waals surface area contributed by atoms with Crippen molar-refractivity contribution in [3.63, 3.8) is 0 Å². The highest BCUT2D eigenvalue weighted by Crippen LogP contribution is 2.25. The van der Waals surface area contributed by atoms with Gasteiger partial charge in [-0.1, -0.05) is 33.6 Å². The third-order valence-corrected chi connectivity index (χ3v) is 4.77. The molecule has 126 valence electrons. The number of nitrogens with one attached hydrogen (secondary N) is 1. The highest BCUT2D eigenvalue weighted by molar-refractivity contribution is 4.84. The molecular weight excluding hydrogens is 260 g/mol. The van der Waals surface area contributed by atoms with E-state index in [-0.39, 0.29) is 12.1 Å². The van der Waals surface area contributed by atoms with E-state index >= 15 is 0 Å². The molecule has 1 saturated carbocycles. The molecule has 0 spiro atoms. The normalized spacial score (nSPS) is 19.6. The fraction of sp³-hybridized carbons (Fsp3) is 1.00. The minimum atomic E-state index is -0.102. The molecule has 0 bridgehead atoms. The number of aliphatic hydroxyl groups is 1. The van der Waals surface area contributed by atoms with Crippen LogP contribution in [-0.2, 0) is 0 Å². The molecule has 3 nitrogen and oxygen atoms in total. The summed E-state index contributed by atoms with van der Waals surface area (Å²) in [5.74, 6) is 0.744. The second kappa shape index (κ2) is 9.81. The quantitative estimate of drug-likeness (QED) is 0.613. The first-order chi connectivity index (χ1) is 10.0. The van der Waals surface area contributed by atoms with E-state index in [0.29, 0.717) is 0 Å². The Bertz CT molecular complexity index is 264. The van der Waals surface area contributed by atoms with Gasteiger partial charge in [0, 0.05) is 18.1 Å². The van der Waals surface area contributed by atoms with Crippen molar-refractivity contribution >= 4 is 0 Å². The van der Waals surface area contributed by atoms with Crippen molar-refractivity contribution in [2.75, 3.05) is 26.2 Å². The molecule has 0 aromatic rings. The van der Waals surface area contributed by atoms with Crippen molar-refractivity contribution in [1.29, 1.82) is 0 Å². The number of hydrogen-bond donors (Lipinski definition) is 2. The van der Waals surface area contributed by atoms with Crippen LogP contribution in [0.5, 0.6) is 0 Å². The Balaban J connectivity index is 2.40. The lowest BCUT2D eigenvalue weighted by atomic mass is 9.96. The van der Waals surface area contributed by atoms with E-state index in [1.807, 2.05) is 0 Å². The first-order valence-electron chi connectivity index (χ1n) is 9.10. The average Bonchev–Trinajstić information content (AvgIpc) is 2.98. The molecule has 0 aliphatic heterocycles. The van der Waals surface area contributed by atoms with Gasteiger partial charge in [0.25, 0.3) is 0 Å². The van der Waals surface area contributed by atoms with E-state index in [2.05, 4.69) is 37.9 Å². The van der Waals surface area contributed by atoms with Gasteiger partial charge in [-0.15, -0.1) is 0 Å². The van der Waals surface area contributed by atoms with Gasteiger partial charge >= 0.3 is 0 Å². The maximum absolute atomic E-state index is 9.66. The van der Waals surface area contributed by atoms with Gasteiger partial charge in [-0.25, -0.2) is 0 Å². The van der Waals surface area contributed by atoms with E-state index in [0.717, 1.165) is 31.3 Å². The molecule has 1 aliphatic carbocycles. The molecule has 0 amide bonds. The standard InChI is InChI=1S/C18H38N2O/c1-5-12-19-18(4,15-21)11-8-13-20(14-16(2)3)17-9-6-7-10-17/h16-17,19,21H,5-15H2,1-4H3. The highest BCUT2D eigenvalue weighted by Gasteiger charge is 2.25. The van der Waals surface area contributed by atoms with Crippen LogP contribution in [0.3, 0.4) is 0 Å². The molecule has 0 radical (unpaired) electrons. The van der Waals surface area contributed by atoms with E-state index in [9.17, 15) is 5.11 Å². The molecule has 0 aromatic heterocycles. The second-order valence-electron chi connectivity index (χ2n) is 7.58. The predicted octanol–water partition coefficient (Wildman–Crippen LogP) is 3.42. The molecule has 1 unspecified atom stereocenters. The zero-order valence-electron chi connectivity index (χ0n) is 14.8.